The number of anilines is 1. The summed E-state index contributed by atoms with van der Waals surface area (Å²) >= 11 is 0. The Bertz CT molecular complexity index is 2170. The van der Waals surface area contributed by atoms with Crippen LogP contribution in [0.15, 0.2) is 53.3 Å². The normalized spacial score (nSPS) is 17.3. The number of rotatable bonds is 7. The minimum atomic E-state index is -0.521. The van der Waals surface area contributed by atoms with Gasteiger partial charge in [-0.1, -0.05) is 38.1 Å². The van der Waals surface area contributed by atoms with Crippen molar-refractivity contribution in [2.45, 2.75) is 97.9 Å². The molecule has 2 saturated heterocycles. The van der Waals surface area contributed by atoms with Crippen LogP contribution in [0.2, 0.25) is 0 Å². The van der Waals surface area contributed by atoms with E-state index in [0.29, 0.717) is 38.7 Å². The Labute approximate surface area is 321 Å². The van der Waals surface area contributed by atoms with E-state index in [1.807, 2.05) is 90.7 Å². The van der Waals surface area contributed by atoms with Gasteiger partial charge in [-0.25, -0.2) is 14.5 Å². The van der Waals surface area contributed by atoms with Crippen LogP contribution in [0.3, 0.4) is 0 Å². The summed E-state index contributed by atoms with van der Waals surface area (Å²) in [6.45, 7) is 18.7. The van der Waals surface area contributed by atoms with Gasteiger partial charge in [-0.3, -0.25) is 9.78 Å². The number of ether oxygens (including phenoxy) is 2. The molecule has 1 aromatic carbocycles. The van der Waals surface area contributed by atoms with E-state index in [4.69, 9.17) is 29.1 Å². The molecule has 2 atom stereocenters. The number of carbonyl (C=O) groups is 2. The number of nitrogens with one attached hydrogen (secondary N) is 1. The predicted octanol–water partition coefficient (Wildman–Crippen LogP) is 7.40. The molecule has 2 amide bonds. The smallest absolute Gasteiger partial charge is 0.410 e. The number of nitrogens with zero attached hydrogens (tertiary/aromatic N) is 8. The molecule has 0 aliphatic carbocycles. The summed E-state index contributed by atoms with van der Waals surface area (Å²) in [5.41, 5.74) is 6.23. The van der Waals surface area contributed by atoms with Crippen molar-refractivity contribution in [1.29, 1.82) is 0 Å². The molecule has 6 heterocycles. The van der Waals surface area contributed by atoms with Gasteiger partial charge >= 0.3 is 6.09 Å². The van der Waals surface area contributed by atoms with Crippen LogP contribution in [-0.4, -0.2) is 85.2 Å². The highest BCUT2D eigenvalue weighted by molar-refractivity contribution is 5.94. The number of hydrogen-bond acceptors (Lipinski definition) is 11. The first-order valence-electron chi connectivity index (χ1n) is 19.1. The van der Waals surface area contributed by atoms with Crippen LogP contribution in [0.4, 0.5) is 10.5 Å². The van der Waals surface area contributed by atoms with Gasteiger partial charge in [0, 0.05) is 60.9 Å². The molecule has 0 spiro atoms. The van der Waals surface area contributed by atoms with Crippen LogP contribution < -0.4 is 10.2 Å². The van der Waals surface area contributed by atoms with Crippen LogP contribution in [-0.2, 0) is 14.9 Å². The maximum atomic E-state index is 13.0. The lowest BCUT2D eigenvalue weighted by Gasteiger charge is -2.36. The van der Waals surface area contributed by atoms with E-state index in [9.17, 15) is 9.59 Å². The number of carbonyl (C=O) groups excluding carboxylic acids is 2. The molecule has 2 aliphatic rings. The number of piperazine rings is 1. The molecule has 2 unspecified atom stereocenters. The molecule has 0 radical (unpaired) electrons. The largest absolute Gasteiger partial charge is 0.444 e. The van der Waals surface area contributed by atoms with Crippen molar-refractivity contribution in [1.82, 2.24) is 40.1 Å². The van der Waals surface area contributed by atoms with Crippen molar-refractivity contribution in [2.24, 2.45) is 0 Å². The summed E-state index contributed by atoms with van der Waals surface area (Å²) in [5.74, 6) is 0.0283. The molecule has 5 aromatic rings. The fraction of sp³-hybridized carbons (Fsp3) is 0.488. The van der Waals surface area contributed by atoms with Crippen molar-refractivity contribution in [2.75, 3.05) is 37.7 Å². The van der Waals surface area contributed by atoms with Crippen molar-refractivity contribution in [3.63, 3.8) is 0 Å². The molecule has 0 saturated carbocycles. The summed E-state index contributed by atoms with van der Waals surface area (Å²) in [4.78, 5) is 43.7. The quantitative estimate of drug-likeness (QED) is 0.177. The van der Waals surface area contributed by atoms with E-state index in [1.165, 1.54) is 0 Å². The van der Waals surface area contributed by atoms with Gasteiger partial charge in [0.1, 0.15) is 11.3 Å². The maximum absolute atomic E-state index is 13.0. The maximum Gasteiger partial charge on any atom is 0.410 e. The third-order valence-electron chi connectivity index (χ3n) is 9.94. The first-order valence-corrected chi connectivity index (χ1v) is 19.1. The number of fused-ring (bicyclic) bond motifs is 1. The summed E-state index contributed by atoms with van der Waals surface area (Å²) in [6, 6.07) is 12.0. The fourth-order valence-corrected chi connectivity index (χ4v) is 6.98. The van der Waals surface area contributed by atoms with Crippen LogP contribution in [0, 0.1) is 6.92 Å². The second-order valence-electron chi connectivity index (χ2n) is 16.5. The van der Waals surface area contributed by atoms with Crippen molar-refractivity contribution in [3.05, 3.63) is 71.6 Å². The van der Waals surface area contributed by atoms with E-state index in [2.05, 4.69) is 38.6 Å². The zero-order valence-electron chi connectivity index (χ0n) is 33.0. The minimum Gasteiger partial charge on any atom is -0.444 e. The number of aryl methyl sites for hydroxylation is 1. The van der Waals surface area contributed by atoms with E-state index >= 15 is 0 Å². The first-order chi connectivity index (χ1) is 26.1. The lowest BCUT2D eigenvalue weighted by atomic mass is 9.97. The average Bonchev–Trinajstić information content (AvgIpc) is 3.81. The number of hydrogen-bond donors (Lipinski definition) is 1. The average molecular weight is 750 g/mol. The van der Waals surface area contributed by atoms with Crippen LogP contribution in [0.1, 0.15) is 108 Å². The zero-order chi connectivity index (χ0) is 39.1. The first kappa shape index (κ1) is 37.9. The van der Waals surface area contributed by atoms with Gasteiger partial charge in [-0.05, 0) is 89.3 Å². The third-order valence-corrected chi connectivity index (χ3v) is 9.94. The highest BCUT2D eigenvalue weighted by atomic mass is 16.6. The van der Waals surface area contributed by atoms with Gasteiger partial charge in [-0.15, -0.1) is 0 Å². The van der Waals surface area contributed by atoms with Crippen LogP contribution >= 0.6 is 0 Å². The van der Waals surface area contributed by atoms with E-state index < -0.39 is 11.5 Å². The Morgan fingerprint density at radius 2 is 1.73 bits per heavy atom. The lowest BCUT2D eigenvalue weighted by Crippen LogP contribution is -2.50. The van der Waals surface area contributed by atoms with Crippen molar-refractivity contribution < 1.29 is 23.6 Å². The highest BCUT2D eigenvalue weighted by Gasteiger charge is 2.28. The van der Waals surface area contributed by atoms with Gasteiger partial charge in [0.05, 0.1) is 23.6 Å². The molecule has 2 aliphatic heterocycles. The molecule has 1 N–H and O–H groups in total. The zero-order valence-corrected chi connectivity index (χ0v) is 33.0. The topological polar surface area (TPSA) is 154 Å². The number of benzene rings is 1. The number of amides is 2. The summed E-state index contributed by atoms with van der Waals surface area (Å²) in [7, 11) is 0. The molecule has 0 bridgehead atoms. The number of aromatic nitrogens is 6. The van der Waals surface area contributed by atoms with Gasteiger partial charge in [0.25, 0.3) is 11.7 Å². The highest BCUT2D eigenvalue weighted by Crippen LogP contribution is 2.35. The SMILES string of the molecule is Cc1cc(-c2nn(C3CCCCO3)c3ncc(-c4ccc(N5CCN(C(=O)OC(C)(C)C)CC5)cn4)cc23)ccc1C(C)NC(=O)c1noc(C(C)(C)C)n1. The Hall–Kier alpha value is -5.37. The van der Waals surface area contributed by atoms with E-state index in [1.54, 1.807) is 4.90 Å². The van der Waals surface area contributed by atoms with Gasteiger partial charge < -0.3 is 29.1 Å². The summed E-state index contributed by atoms with van der Waals surface area (Å²) in [5, 5.41) is 12.9. The predicted molar refractivity (Wildman–Crippen MR) is 209 cm³/mol. The molecule has 2 fully saturated rings. The molecule has 290 valence electrons. The van der Waals surface area contributed by atoms with E-state index in [-0.39, 0.29) is 29.6 Å². The fourth-order valence-electron chi connectivity index (χ4n) is 6.98. The molecule has 4 aromatic heterocycles. The Kier molecular flexibility index (Phi) is 10.4. The monoisotopic (exact) mass is 749 g/mol. The van der Waals surface area contributed by atoms with E-state index in [0.717, 1.165) is 69.6 Å². The summed E-state index contributed by atoms with van der Waals surface area (Å²) < 4.78 is 19.0. The lowest BCUT2D eigenvalue weighted by molar-refractivity contribution is -0.0368. The second-order valence-corrected chi connectivity index (χ2v) is 16.5. The third kappa shape index (κ3) is 8.34. The summed E-state index contributed by atoms with van der Waals surface area (Å²) in [6.07, 6.45) is 6.21. The molecule has 14 heteroatoms. The van der Waals surface area contributed by atoms with Gasteiger partial charge in [0.2, 0.25) is 5.89 Å². The molecule has 7 rings (SSSR count). The Morgan fingerprint density at radius 1 is 0.945 bits per heavy atom. The number of pyridine rings is 2. The molecular weight excluding hydrogens is 699 g/mol. The Balaban J connectivity index is 1.12. The molecule has 55 heavy (non-hydrogen) atoms. The minimum absolute atomic E-state index is 0.0125. The van der Waals surface area contributed by atoms with Crippen molar-refractivity contribution in [3.8, 4) is 22.5 Å². The molecule has 14 nitrogen and oxygen atoms in total. The van der Waals surface area contributed by atoms with Gasteiger partial charge in [-0.2, -0.15) is 10.1 Å². The van der Waals surface area contributed by atoms with Crippen LogP contribution in [0.5, 0.6) is 0 Å². The van der Waals surface area contributed by atoms with Gasteiger partial charge in [0.15, 0.2) is 11.9 Å². The standard InChI is InChI=1S/C41H51N9O5/c1-25-21-27(12-14-30(25)26(2)44-37(51)35-45-38(55-47-35)40(3,4)5)34-31-22-28(23-43-36(31)50(46-34)33-11-9-10-20-53-33)32-15-13-29(24-42-32)48-16-18-49(19-17-48)39(52)54-41(6,7)8/h12-15,21-24,26,33H,9-11,16-20H2,1-8H3,(H,44,51). The second kappa shape index (κ2) is 15.0. The van der Waals surface area contributed by atoms with Crippen molar-refractivity contribution >= 4 is 28.7 Å². The van der Waals surface area contributed by atoms with Crippen LogP contribution in [0.25, 0.3) is 33.5 Å². The molecular formula is C41H51N9O5. The Morgan fingerprint density at radius 3 is 2.36 bits per heavy atom.